The summed E-state index contributed by atoms with van der Waals surface area (Å²) in [7, 11) is 3.33. The molecular formula is C22H27NO3S. The molecule has 0 aliphatic carbocycles. The summed E-state index contributed by atoms with van der Waals surface area (Å²) in [6, 6.07) is 12.2. The lowest BCUT2D eigenvalue weighted by molar-refractivity contribution is -0.129. The molecule has 0 N–H and O–H groups in total. The quantitative estimate of drug-likeness (QED) is 0.671. The zero-order valence-electron chi connectivity index (χ0n) is 16.5. The highest BCUT2D eigenvalue weighted by Gasteiger charge is 2.32. The fourth-order valence-corrected chi connectivity index (χ4v) is 4.57. The highest BCUT2D eigenvalue weighted by molar-refractivity contribution is 8.00. The molecule has 1 fully saturated rings. The van der Waals surface area contributed by atoms with E-state index < -0.39 is 0 Å². The maximum Gasteiger partial charge on any atom is 0.233 e. The van der Waals surface area contributed by atoms with Gasteiger partial charge in [-0.2, -0.15) is 0 Å². The molecule has 0 aromatic heterocycles. The van der Waals surface area contributed by atoms with Gasteiger partial charge >= 0.3 is 0 Å². The Morgan fingerprint density at radius 3 is 2.67 bits per heavy atom. The van der Waals surface area contributed by atoms with Crippen LogP contribution in [0.25, 0.3) is 0 Å². The maximum atomic E-state index is 13.0. The van der Waals surface area contributed by atoms with Gasteiger partial charge in [0.2, 0.25) is 5.91 Å². The predicted octanol–water partition coefficient (Wildman–Crippen LogP) is 4.78. The minimum atomic E-state index is 0.0438. The van der Waals surface area contributed by atoms with Crippen molar-refractivity contribution in [2.24, 2.45) is 0 Å². The third-order valence-electron chi connectivity index (χ3n) is 5.05. The number of nitrogens with zero attached hydrogens (tertiary/aromatic N) is 1. The zero-order chi connectivity index (χ0) is 19.4. The number of hydrogen-bond acceptors (Lipinski definition) is 4. The van der Waals surface area contributed by atoms with Gasteiger partial charge in [0, 0.05) is 17.0 Å². The van der Waals surface area contributed by atoms with Crippen molar-refractivity contribution < 1.29 is 14.3 Å². The Kier molecular flexibility index (Phi) is 6.32. The van der Waals surface area contributed by atoms with E-state index in [1.165, 1.54) is 16.0 Å². The van der Waals surface area contributed by atoms with Crippen molar-refractivity contribution in [1.82, 2.24) is 4.90 Å². The molecular weight excluding hydrogens is 358 g/mol. The minimum absolute atomic E-state index is 0.0438. The lowest BCUT2D eigenvalue weighted by Crippen LogP contribution is -2.32. The van der Waals surface area contributed by atoms with Gasteiger partial charge in [-0.3, -0.25) is 4.79 Å². The number of carbonyl (C=O) groups is 1. The molecule has 1 saturated heterocycles. The smallest absolute Gasteiger partial charge is 0.233 e. The van der Waals surface area contributed by atoms with Crippen LogP contribution in [0.4, 0.5) is 0 Å². The largest absolute Gasteiger partial charge is 0.497 e. The van der Waals surface area contributed by atoms with Gasteiger partial charge in [-0.1, -0.05) is 17.7 Å². The summed E-state index contributed by atoms with van der Waals surface area (Å²) >= 11 is 1.62. The van der Waals surface area contributed by atoms with Gasteiger partial charge in [0.05, 0.1) is 26.0 Å². The molecule has 1 aliphatic heterocycles. The van der Waals surface area contributed by atoms with Gasteiger partial charge in [-0.05, 0) is 56.5 Å². The van der Waals surface area contributed by atoms with Crippen LogP contribution in [-0.2, 0) is 4.79 Å². The molecule has 1 heterocycles. The SMILES string of the molecule is COc1ccc(OC)c([C@@H]2CCCN2C(=O)CSc2ccc(C)cc2C)c1. The Morgan fingerprint density at radius 2 is 1.96 bits per heavy atom. The summed E-state index contributed by atoms with van der Waals surface area (Å²) in [4.78, 5) is 16.1. The van der Waals surface area contributed by atoms with Crippen LogP contribution in [-0.4, -0.2) is 37.3 Å². The van der Waals surface area contributed by atoms with Crippen molar-refractivity contribution in [1.29, 1.82) is 0 Å². The summed E-state index contributed by atoms with van der Waals surface area (Å²) in [5.41, 5.74) is 3.49. The average Bonchev–Trinajstić information content (AvgIpc) is 3.16. The molecule has 4 nitrogen and oxygen atoms in total. The van der Waals surface area contributed by atoms with Crippen LogP contribution in [0.1, 0.15) is 35.6 Å². The molecule has 2 aromatic carbocycles. The van der Waals surface area contributed by atoms with Crippen molar-refractivity contribution in [3.8, 4) is 11.5 Å². The van der Waals surface area contributed by atoms with Gasteiger partial charge in [0.15, 0.2) is 0 Å². The molecule has 0 bridgehead atoms. The number of rotatable bonds is 6. The van der Waals surface area contributed by atoms with Gasteiger partial charge < -0.3 is 14.4 Å². The molecule has 1 atom stereocenters. The molecule has 2 aromatic rings. The van der Waals surface area contributed by atoms with Crippen LogP contribution >= 0.6 is 11.8 Å². The second-order valence-electron chi connectivity index (χ2n) is 6.91. The molecule has 27 heavy (non-hydrogen) atoms. The monoisotopic (exact) mass is 385 g/mol. The molecule has 5 heteroatoms. The van der Waals surface area contributed by atoms with Gasteiger partial charge in [-0.15, -0.1) is 11.8 Å². The number of benzene rings is 2. The summed E-state index contributed by atoms with van der Waals surface area (Å²) in [5.74, 6) is 2.22. The Morgan fingerprint density at radius 1 is 1.15 bits per heavy atom. The lowest BCUT2D eigenvalue weighted by atomic mass is 10.0. The number of likely N-dealkylation sites (tertiary alicyclic amines) is 1. The maximum absolute atomic E-state index is 13.0. The van der Waals surface area contributed by atoms with Crippen LogP contribution in [0.15, 0.2) is 41.3 Å². The Hall–Kier alpha value is -2.14. The first-order valence-corrected chi connectivity index (χ1v) is 10.2. The number of thioether (sulfide) groups is 1. The normalized spacial score (nSPS) is 16.4. The second kappa shape index (κ2) is 8.70. The van der Waals surface area contributed by atoms with E-state index in [1.807, 2.05) is 23.1 Å². The van der Waals surface area contributed by atoms with E-state index in [0.29, 0.717) is 5.75 Å². The molecule has 1 aliphatic rings. The standard InChI is InChI=1S/C22H27NO3S/c1-15-7-10-21(16(2)12-15)27-14-22(24)23-11-5-6-19(23)18-13-17(25-3)8-9-20(18)26-4/h7-10,12-13,19H,5-6,11,14H2,1-4H3/t19-/m0/s1. The van der Waals surface area contributed by atoms with Crippen LogP contribution < -0.4 is 9.47 Å². The van der Waals surface area contributed by atoms with Crippen LogP contribution in [0, 0.1) is 13.8 Å². The van der Waals surface area contributed by atoms with Crippen molar-refractivity contribution in [3.05, 3.63) is 53.1 Å². The number of hydrogen-bond donors (Lipinski definition) is 0. The molecule has 0 radical (unpaired) electrons. The first-order valence-electron chi connectivity index (χ1n) is 9.25. The van der Waals surface area contributed by atoms with E-state index in [4.69, 9.17) is 9.47 Å². The Bertz CT molecular complexity index is 821. The van der Waals surface area contributed by atoms with Crippen molar-refractivity contribution in [2.45, 2.75) is 37.6 Å². The number of ether oxygens (including phenoxy) is 2. The summed E-state index contributed by atoms with van der Waals surface area (Å²) in [5, 5.41) is 0. The first kappa shape index (κ1) is 19.6. The summed E-state index contributed by atoms with van der Waals surface area (Å²) in [6.45, 7) is 4.97. The van der Waals surface area contributed by atoms with E-state index in [9.17, 15) is 4.79 Å². The highest BCUT2D eigenvalue weighted by atomic mass is 32.2. The predicted molar refractivity (Wildman–Crippen MR) is 110 cm³/mol. The molecule has 3 rings (SSSR count). The van der Waals surface area contributed by atoms with Gasteiger partial charge in [0.1, 0.15) is 11.5 Å². The van der Waals surface area contributed by atoms with Crippen molar-refractivity contribution in [3.63, 3.8) is 0 Å². The van der Waals surface area contributed by atoms with Crippen LogP contribution in [0.5, 0.6) is 11.5 Å². The van der Waals surface area contributed by atoms with E-state index in [0.717, 1.165) is 36.4 Å². The first-order chi connectivity index (χ1) is 13.0. The van der Waals surface area contributed by atoms with Crippen molar-refractivity contribution >= 4 is 17.7 Å². The van der Waals surface area contributed by atoms with E-state index >= 15 is 0 Å². The Balaban J connectivity index is 1.75. The summed E-state index contributed by atoms with van der Waals surface area (Å²) in [6.07, 6.45) is 1.95. The average molecular weight is 386 g/mol. The zero-order valence-corrected chi connectivity index (χ0v) is 17.3. The molecule has 144 valence electrons. The van der Waals surface area contributed by atoms with Crippen LogP contribution in [0.2, 0.25) is 0 Å². The van der Waals surface area contributed by atoms with Gasteiger partial charge in [0.25, 0.3) is 0 Å². The number of amides is 1. The number of aryl methyl sites for hydroxylation is 2. The summed E-state index contributed by atoms with van der Waals surface area (Å²) < 4.78 is 10.9. The molecule has 0 saturated carbocycles. The molecule has 0 unspecified atom stereocenters. The van der Waals surface area contributed by atoms with E-state index in [2.05, 4.69) is 32.0 Å². The topological polar surface area (TPSA) is 38.8 Å². The van der Waals surface area contributed by atoms with E-state index in [1.54, 1.807) is 26.0 Å². The van der Waals surface area contributed by atoms with Crippen molar-refractivity contribution in [2.75, 3.05) is 26.5 Å². The number of carbonyl (C=O) groups excluding carboxylic acids is 1. The van der Waals surface area contributed by atoms with Crippen LogP contribution in [0.3, 0.4) is 0 Å². The lowest BCUT2D eigenvalue weighted by Gasteiger charge is -2.26. The minimum Gasteiger partial charge on any atom is -0.497 e. The molecule has 1 amide bonds. The fourth-order valence-electron chi connectivity index (χ4n) is 3.67. The molecule has 0 spiro atoms. The van der Waals surface area contributed by atoms with Gasteiger partial charge in [-0.25, -0.2) is 0 Å². The van der Waals surface area contributed by atoms with E-state index in [-0.39, 0.29) is 11.9 Å². The third kappa shape index (κ3) is 4.41. The highest BCUT2D eigenvalue weighted by Crippen LogP contribution is 2.39. The third-order valence-corrected chi connectivity index (χ3v) is 6.21. The fraction of sp³-hybridized carbons (Fsp3) is 0.409. The Labute approximate surface area is 165 Å². The second-order valence-corrected chi connectivity index (χ2v) is 7.93. The number of methoxy groups -OCH3 is 2.